The lowest BCUT2D eigenvalue weighted by atomic mass is 9.94. The van der Waals surface area contributed by atoms with Gasteiger partial charge >= 0.3 is 0 Å². The van der Waals surface area contributed by atoms with E-state index in [4.69, 9.17) is 0 Å². The van der Waals surface area contributed by atoms with E-state index >= 15 is 0 Å². The molecule has 0 radical (unpaired) electrons. The van der Waals surface area contributed by atoms with Crippen LogP contribution in [0.25, 0.3) is 0 Å². The molecular formula is C19H30N4O. The molecule has 5 nitrogen and oxygen atoms in total. The quantitative estimate of drug-likeness (QED) is 0.852. The van der Waals surface area contributed by atoms with E-state index in [-0.39, 0.29) is 5.41 Å². The molecule has 1 amide bonds. The van der Waals surface area contributed by atoms with Crippen molar-refractivity contribution in [1.82, 2.24) is 19.4 Å². The van der Waals surface area contributed by atoms with Gasteiger partial charge in [-0.15, -0.1) is 0 Å². The fourth-order valence-electron chi connectivity index (χ4n) is 4.61. The minimum Gasteiger partial charge on any atom is -0.341 e. The molecule has 0 spiro atoms. The summed E-state index contributed by atoms with van der Waals surface area (Å²) in [6, 6.07) is 0.773. The van der Waals surface area contributed by atoms with E-state index in [1.54, 1.807) is 6.20 Å². The standard InChI is InChI=1S/C19H30N4O/c24-18(19(7-8-19)15-21-12-9-20-16-21)23-11-4-10-22(13-14-23)17-5-2-1-3-6-17/h9,12,16-17H,1-8,10-11,13-15H2. The first kappa shape index (κ1) is 16.1. The first-order valence-corrected chi connectivity index (χ1v) is 9.76. The molecule has 4 rings (SSSR count). The van der Waals surface area contributed by atoms with Crippen LogP contribution in [0.15, 0.2) is 18.7 Å². The lowest BCUT2D eigenvalue weighted by molar-refractivity contribution is -0.137. The molecule has 24 heavy (non-hydrogen) atoms. The Kier molecular flexibility index (Phi) is 4.61. The Balaban J connectivity index is 1.35. The van der Waals surface area contributed by atoms with E-state index < -0.39 is 0 Å². The average Bonchev–Trinajstić information content (AvgIpc) is 3.30. The first-order valence-electron chi connectivity index (χ1n) is 9.76. The predicted molar refractivity (Wildman–Crippen MR) is 93.5 cm³/mol. The fraction of sp³-hybridized carbons (Fsp3) is 0.789. The van der Waals surface area contributed by atoms with Crippen molar-refractivity contribution in [3.05, 3.63) is 18.7 Å². The summed E-state index contributed by atoms with van der Waals surface area (Å²) >= 11 is 0. The maximum absolute atomic E-state index is 13.1. The van der Waals surface area contributed by atoms with E-state index in [1.807, 2.05) is 12.5 Å². The van der Waals surface area contributed by atoms with Crippen molar-refractivity contribution in [2.75, 3.05) is 26.2 Å². The predicted octanol–water partition coefficient (Wildman–Crippen LogP) is 2.53. The maximum atomic E-state index is 13.1. The molecule has 1 aromatic heterocycles. The van der Waals surface area contributed by atoms with Gasteiger partial charge in [0.15, 0.2) is 0 Å². The largest absolute Gasteiger partial charge is 0.341 e. The van der Waals surface area contributed by atoms with Crippen LogP contribution < -0.4 is 0 Å². The molecule has 132 valence electrons. The van der Waals surface area contributed by atoms with E-state index in [0.717, 1.165) is 51.5 Å². The average molecular weight is 330 g/mol. The van der Waals surface area contributed by atoms with Gasteiger partial charge in [0.05, 0.1) is 11.7 Å². The number of carbonyl (C=O) groups excluding carboxylic acids is 1. The van der Waals surface area contributed by atoms with E-state index in [9.17, 15) is 4.79 Å². The number of amides is 1. The Morgan fingerprint density at radius 2 is 1.88 bits per heavy atom. The minimum atomic E-state index is -0.138. The minimum absolute atomic E-state index is 0.138. The topological polar surface area (TPSA) is 41.4 Å². The van der Waals surface area contributed by atoms with Crippen LogP contribution >= 0.6 is 0 Å². The molecule has 2 aliphatic carbocycles. The van der Waals surface area contributed by atoms with Crippen molar-refractivity contribution >= 4 is 5.91 Å². The van der Waals surface area contributed by atoms with Crippen LogP contribution in [0.3, 0.4) is 0 Å². The summed E-state index contributed by atoms with van der Waals surface area (Å²) in [6.45, 7) is 4.89. The Bertz CT molecular complexity index is 546. The van der Waals surface area contributed by atoms with Crippen LogP contribution in [-0.2, 0) is 11.3 Å². The smallest absolute Gasteiger partial charge is 0.230 e. The van der Waals surface area contributed by atoms with Crippen molar-refractivity contribution < 1.29 is 4.79 Å². The van der Waals surface area contributed by atoms with E-state index in [1.165, 1.54) is 38.6 Å². The molecule has 0 bridgehead atoms. The van der Waals surface area contributed by atoms with E-state index in [0.29, 0.717) is 5.91 Å². The lowest BCUT2D eigenvalue weighted by Gasteiger charge is -2.33. The Morgan fingerprint density at radius 1 is 1.04 bits per heavy atom. The third-order valence-electron chi connectivity index (χ3n) is 6.26. The first-order chi connectivity index (χ1) is 11.8. The highest BCUT2D eigenvalue weighted by Gasteiger charge is 2.51. The van der Waals surface area contributed by atoms with Gasteiger partial charge in [-0.3, -0.25) is 9.69 Å². The van der Waals surface area contributed by atoms with Gasteiger partial charge in [-0.05, 0) is 32.1 Å². The Labute approximate surface area is 145 Å². The van der Waals surface area contributed by atoms with Gasteiger partial charge in [0, 0.05) is 51.2 Å². The number of hydrogen-bond acceptors (Lipinski definition) is 3. The molecule has 5 heteroatoms. The molecule has 1 aromatic rings. The monoisotopic (exact) mass is 330 g/mol. The van der Waals surface area contributed by atoms with Crippen molar-refractivity contribution in [2.45, 2.75) is 64.0 Å². The Hall–Kier alpha value is -1.36. The van der Waals surface area contributed by atoms with Crippen LogP contribution in [0.5, 0.6) is 0 Å². The van der Waals surface area contributed by atoms with Gasteiger partial charge in [0.2, 0.25) is 5.91 Å². The number of imidazole rings is 1. The van der Waals surface area contributed by atoms with E-state index in [2.05, 4.69) is 19.4 Å². The molecule has 1 saturated heterocycles. The summed E-state index contributed by atoms with van der Waals surface area (Å²) in [7, 11) is 0. The number of rotatable bonds is 4. The maximum Gasteiger partial charge on any atom is 0.230 e. The highest BCUT2D eigenvalue weighted by atomic mass is 16.2. The van der Waals surface area contributed by atoms with Crippen molar-refractivity contribution in [2.24, 2.45) is 5.41 Å². The highest BCUT2D eigenvalue weighted by molar-refractivity contribution is 5.85. The molecule has 1 aliphatic heterocycles. The highest BCUT2D eigenvalue weighted by Crippen LogP contribution is 2.48. The fourth-order valence-corrected chi connectivity index (χ4v) is 4.61. The summed E-state index contributed by atoms with van der Waals surface area (Å²) in [4.78, 5) is 22.1. The van der Waals surface area contributed by atoms with Gasteiger partial charge in [0.1, 0.15) is 0 Å². The Morgan fingerprint density at radius 3 is 2.58 bits per heavy atom. The molecule has 3 fully saturated rings. The van der Waals surface area contributed by atoms with Gasteiger partial charge in [0.25, 0.3) is 0 Å². The van der Waals surface area contributed by atoms with Crippen molar-refractivity contribution in [1.29, 1.82) is 0 Å². The second-order valence-corrected chi connectivity index (χ2v) is 7.99. The summed E-state index contributed by atoms with van der Waals surface area (Å²) in [5.74, 6) is 0.390. The number of nitrogens with zero attached hydrogens (tertiary/aromatic N) is 4. The van der Waals surface area contributed by atoms with Crippen molar-refractivity contribution in [3.63, 3.8) is 0 Å². The van der Waals surface area contributed by atoms with Crippen LogP contribution in [0.1, 0.15) is 51.4 Å². The van der Waals surface area contributed by atoms with Crippen LogP contribution in [0.2, 0.25) is 0 Å². The zero-order valence-electron chi connectivity index (χ0n) is 14.7. The van der Waals surface area contributed by atoms with Crippen LogP contribution in [0, 0.1) is 5.41 Å². The second kappa shape index (κ2) is 6.87. The summed E-state index contributed by atoms with van der Waals surface area (Å²) in [6.07, 6.45) is 15.7. The number of hydrogen-bond donors (Lipinski definition) is 0. The molecule has 3 aliphatic rings. The third kappa shape index (κ3) is 3.37. The van der Waals surface area contributed by atoms with Crippen molar-refractivity contribution in [3.8, 4) is 0 Å². The zero-order chi connectivity index (χ0) is 16.4. The molecule has 2 heterocycles. The normalized spacial score (nSPS) is 25.4. The summed E-state index contributed by atoms with van der Waals surface area (Å²) in [5, 5.41) is 0. The molecular weight excluding hydrogens is 300 g/mol. The molecule has 2 saturated carbocycles. The van der Waals surface area contributed by atoms with Crippen LogP contribution in [-0.4, -0.2) is 57.5 Å². The lowest BCUT2D eigenvalue weighted by Crippen LogP contribution is -2.43. The van der Waals surface area contributed by atoms with Gasteiger partial charge in [-0.25, -0.2) is 4.98 Å². The third-order valence-corrected chi connectivity index (χ3v) is 6.26. The SMILES string of the molecule is O=C(N1CCCN(C2CCCCC2)CC1)C1(Cn2ccnc2)CC1. The molecule has 0 atom stereocenters. The number of carbonyl (C=O) groups is 1. The second-order valence-electron chi connectivity index (χ2n) is 7.99. The van der Waals surface area contributed by atoms with Gasteiger partial charge in [-0.1, -0.05) is 19.3 Å². The summed E-state index contributed by atoms with van der Waals surface area (Å²) in [5.41, 5.74) is -0.138. The molecule has 0 aromatic carbocycles. The summed E-state index contributed by atoms with van der Waals surface area (Å²) < 4.78 is 2.07. The molecule has 0 N–H and O–H groups in total. The molecule has 0 unspecified atom stereocenters. The van der Waals surface area contributed by atoms with Gasteiger partial charge < -0.3 is 9.47 Å². The van der Waals surface area contributed by atoms with Crippen LogP contribution in [0.4, 0.5) is 0 Å². The number of aromatic nitrogens is 2. The zero-order valence-corrected chi connectivity index (χ0v) is 14.7. The van der Waals surface area contributed by atoms with Gasteiger partial charge in [-0.2, -0.15) is 0 Å².